The Labute approximate surface area is 142 Å². The molecule has 0 aliphatic carbocycles. The number of hydrogen-bond acceptors (Lipinski definition) is 4. The molecule has 0 atom stereocenters. The Hall–Kier alpha value is -2.24. The molecule has 1 aromatic carbocycles. The molecule has 0 spiro atoms. The Morgan fingerprint density at radius 2 is 1.67 bits per heavy atom. The zero-order valence-electron chi connectivity index (χ0n) is 14.2. The maximum atomic E-state index is 11.8. The summed E-state index contributed by atoms with van der Waals surface area (Å²) in [6.45, 7) is 3.22. The Bertz CT molecular complexity index is 560. The van der Waals surface area contributed by atoms with Crippen molar-refractivity contribution in [2.75, 3.05) is 13.3 Å². The van der Waals surface area contributed by atoms with Gasteiger partial charge in [-0.2, -0.15) is 0 Å². The summed E-state index contributed by atoms with van der Waals surface area (Å²) in [6.07, 6.45) is 6.89. The Morgan fingerprint density at radius 3 is 2.50 bits per heavy atom. The second kappa shape index (κ2) is 9.80. The molecule has 1 aliphatic rings. The smallest absolute Gasteiger partial charge is 0.309 e. The van der Waals surface area contributed by atoms with Crippen molar-refractivity contribution >= 4 is 11.8 Å². The lowest BCUT2D eigenvalue weighted by molar-refractivity contribution is -0.139. The van der Waals surface area contributed by atoms with Crippen LogP contribution in [0.15, 0.2) is 18.2 Å². The lowest BCUT2D eigenvalue weighted by Gasteiger charge is -2.07. The molecule has 0 bridgehead atoms. The van der Waals surface area contributed by atoms with E-state index < -0.39 is 11.8 Å². The quantitative estimate of drug-likeness (QED) is 0.537. The van der Waals surface area contributed by atoms with E-state index in [0.717, 1.165) is 18.4 Å². The predicted molar refractivity (Wildman–Crippen MR) is 90.8 cm³/mol. The fraction of sp³-hybridized carbons (Fsp3) is 0.556. The Kier molecular flexibility index (Phi) is 7.39. The average Bonchev–Trinajstić information content (AvgIpc) is 3.06. The lowest BCUT2D eigenvalue weighted by Crippen LogP contribution is -2.39. The molecule has 24 heavy (non-hydrogen) atoms. The Morgan fingerprint density at radius 1 is 0.958 bits per heavy atom. The first-order valence-corrected chi connectivity index (χ1v) is 8.65. The third kappa shape index (κ3) is 5.76. The summed E-state index contributed by atoms with van der Waals surface area (Å²) in [5.74, 6) is 0.166. The highest BCUT2D eigenvalue weighted by Crippen LogP contribution is 2.32. The minimum atomic E-state index is -0.612. The standard InChI is InChI=1S/C18H26N2O4/c1-2-3-4-5-6-7-10-19-17(21)18(22)20-12-14-8-9-15-16(11-14)24-13-23-15/h8-9,11H,2-7,10,12-13H2,1H3,(H,19,21)(H,20,22). The molecule has 1 heterocycles. The van der Waals surface area contributed by atoms with Gasteiger partial charge in [0.1, 0.15) is 0 Å². The minimum Gasteiger partial charge on any atom is -0.454 e. The number of rotatable bonds is 9. The number of ether oxygens (including phenoxy) is 2. The summed E-state index contributed by atoms with van der Waals surface area (Å²) in [5, 5.41) is 5.27. The highest BCUT2D eigenvalue weighted by atomic mass is 16.7. The van der Waals surface area contributed by atoms with E-state index in [1.165, 1.54) is 25.7 Å². The fourth-order valence-corrected chi connectivity index (χ4v) is 2.50. The second-order valence-corrected chi connectivity index (χ2v) is 5.89. The van der Waals surface area contributed by atoms with Crippen molar-refractivity contribution in [2.45, 2.75) is 52.0 Å². The van der Waals surface area contributed by atoms with E-state index >= 15 is 0 Å². The molecular weight excluding hydrogens is 308 g/mol. The summed E-state index contributed by atoms with van der Waals surface area (Å²) < 4.78 is 10.5. The topological polar surface area (TPSA) is 76.7 Å². The van der Waals surface area contributed by atoms with Crippen molar-refractivity contribution in [2.24, 2.45) is 0 Å². The van der Waals surface area contributed by atoms with E-state index in [0.29, 0.717) is 18.0 Å². The summed E-state index contributed by atoms with van der Waals surface area (Å²) in [4.78, 5) is 23.5. The van der Waals surface area contributed by atoms with E-state index in [1.807, 2.05) is 6.07 Å². The molecule has 0 saturated heterocycles. The van der Waals surface area contributed by atoms with Gasteiger partial charge in [-0.25, -0.2) is 0 Å². The van der Waals surface area contributed by atoms with Gasteiger partial charge >= 0.3 is 11.8 Å². The van der Waals surface area contributed by atoms with Crippen LogP contribution in [-0.4, -0.2) is 25.2 Å². The van der Waals surface area contributed by atoms with E-state index in [4.69, 9.17) is 9.47 Å². The fourth-order valence-electron chi connectivity index (χ4n) is 2.50. The van der Waals surface area contributed by atoms with Crippen LogP contribution in [0, 0.1) is 0 Å². The van der Waals surface area contributed by atoms with Crippen LogP contribution in [0.2, 0.25) is 0 Å². The van der Waals surface area contributed by atoms with Gasteiger partial charge in [0.15, 0.2) is 11.5 Å². The maximum Gasteiger partial charge on any atom is 0.309 e. The molecular formula is C18H26N2O4. The van der Waals surface area contributed by atoms with Crippen LogP contribution in [-0.2, 0) is 16.1 Å². The highest BCUT2D eigenvalue weighted by molar-refractivity contribution is 6.35. The molecule has 0 radical (unpaired) electrons. The average molecular weight is 334 g/mol. The first-order valence-electron chi connectivity index (χ1n) is 8.65. The number of carbonyl (C=O) groups is 2. The third-order valence-corrected chi connectivity index (χ3v) is 3.91. The molecule has 2 rings (SSSR count). The van der Waals surface area contributed by atoms with Gasteiger partial charge in [-0.15, -0.1) is 0 Å². The molecule has 0 unspecified atom stereocenters. The van der Waals surface area contributed by atoms with E-state index in [2.05, 4.69) is 17.6 Å². The van der Waals surface area contributed by atoms with Crippen LogP contribution < -0.4 is 20.1 Å². The highest BCUT2D eigenvalue weighted by Gasteiger charge is 2.15. The zero-order valence-corrected chi connectivity index (χ0v) is 14.2. The van der Waals surface area contributed by atoms with E-state index in [1.54, 1.807) is 12.1 Å². The first kappa shape index (κ1) is 18.1. The number of benzene rings is 1. The summed E-state index contributed by atoms with van der Waals surface area (Å²) in [6, 6.07) is 5.43. The molecule has 2 N–H and O–H groups in total. The van der Waals surface area contributed by atoms with Crippen LogP contribution in [0.3, 0.4) is 0 Å². The second-order valence-electron chi connectivity index (χ2n) is 5.89. The summed E-state index contributed by atoms with van der Waals surface area (Å²) in [5.41, 5.74) is 0.858. The summed E-state index contributed by atoms with van der Waals surface area (Å²) >= 11 is 0. The molecule has 0 saturated carbocycles. The number of unbranched alkanes of at least 4 members (excludes halogenated alkanes) is 5. The summed E-state index contributed by atoms with van der Waals surface area (Å²) in [7, 11) is 0. The van der Waals surface area contributed by atoms with Crippen molar-refractivity contribution in [3.63, 3.8) is 0 Å². The molecule has 132 valence electrons. The minimum absolute atomic E-state index is 0.214. The molecule has 0 fully saturated rings. The number of carbonyl (C=O) groups excluding carboxylic acids is 2. The van der Waals surface area contributed by atoms with Crippen molar-refractivity contribution in [1.82, 2.24) is 10.6 Å². The molecule has 2 amide bonds. The van der Waals surface area contributed by atoms with Gasteiger partial charge in [0, 0.05) is 13.1 Å². The van der Waals surface area contributed by atoms with E-state index in [-0.39, 0.29) is 13.3 Å². The number of fused-ring (bicyclic) bond motifs is 1. The van der Waals surface area contributed by atoms with Crippen LogP contribution in [0.25, 0.3) is 0 Å². The van der Waals surface area contributed by atoms with Gasteiger partial charge in [-0.05, 0) is 24.1 Å². The van der Waals surface area contributed by atoms with Crippen LogP contribution >= 0.6 is 0 Å². The van der Waals surface area contributed by atoms with Gasteiger partial charge < -0.3 is 20.1 Å². The normalized spacial score (nSPS) is 12.0. The van der Waals surface area contributed by atoms with Crippen molar-refractivity contribution in [1.29, 1.82) is 0 Å². The lowest BCUT2D eigenvalue weighted by atomic mass is 10.1. The van der Waals surface area contributed by atoms with Crippen molar-refractivity contribution in [3.8, 4) is 11.5 Å². The van der Waals surface area contributed by atoms with Crippen LogP contribution in [0.4, 0.5) is 0 Å². The number of hydrogen-bond donors (Lipinski definition) is 2. The molecule has 1 aromatic rings. The zero-order chi connectivity index (χ0) is 17.2. The molecule has 6 heteroatoms. The first-order chi connectivity index (χ1) is 11.7. The van der Waals surface area contributed by atoms with E-state index in [9.17, 15) is 9.59 Å². The van der Waals surface area contributed by atoms with Crippen LogP contribution in [0.5, 0.6) is 11.5 Å². The van der Waals surface area contributed by atoms with Gasteiger partial charge in [0.25, 0.3) is 0 Å². The largest absolute Gasteiger partial charge is 0.454 e. The monoisotopic (exact) mass is 334 g/mol. The molecule has 6 nitrogen and oxygen atoms in total. The van der Waals surface area contributed by atoms with Crippen molar-refractivity contribution in [3.05, 3.63) is 23.8 Å². The van der Waals surface area contributed by atoms with Gasteiger partial charge in [-0.3, -0.25) is 9.59 Å². The van der Waals surface area contributed by atoms with Gasteiger partial charge in [0.05, 0.1) is 0 Å². The maximum absolute atomic E-state index is 11.8. The molecule has 1 aliphatic heterocycles. The molecule has 0 aromatic heterocycles. The van der Waals surface area contributed by atoms with Crippen LogP contribution in [0.1, 0.15) is 51.0 Å². The van der Waals surface area contributed by atoms with Crippen molar-refractivity contribution < 1.29 is 19.1 Å². The van der Waals surface area contributed by atoms with Gasteiger partial charge in [-0.1, -0.05) is 45.1 Å². The van der Waals surface area contributed by atoms with Gasteiger partial charge in [0.2, 0.25) is 6.79 Å². The SMILES string of the molecule is CCCCCCCCNC(=O)C(=O)NCc1ccc2c(c1)OCO2. The number of amides is 2. The number of nitrogens with one attached hydrogen (secondary N) is 2. The third-order valence-electron chi connectivity index (χ3n) is 3.91. The predicted octanol–water partition coefficient (Wildman–Crippen LogP) is 2.51. The Balaban J connectivity index is 1.60.